The number of fused-ring (bicyclic) bond motifs is 2. The van der Waals surface area contributed by atoms with Gasteiger partial charge in [0.25, 0.3) is 0 Å². The zero-order valence-electron chi connectivity index (χ0n) is 11.8. The molecule has 0 aromatic heterocycles. The predicted molar refractivity (Wildman–Crippen MR) is 75.3 cm³/mol. The number of halogens is 3. The maximum atomic E-state index is 13.1. The summed E-state index contributed by atoms with van der Waals surface area (Å²) in [5.41, 5.74) is -0.532. The van der Waals surface area contributed by atoms with Crippen LogP contribution in [0.5, 0.6) is 5.75 Å². The summed E-state index contributed by atoms with van der Waals surface area (Å²) < 4.78 is 44.2. The predicted octanol–water partition coefficient (Wildman–Crippen LogP) is 4.34. The normalized spacial score (nSPS) is 27.1. The van der Waals surface area contributed by atoms with E-state index in [0.717, 1.165) is 18.9 Å². The maximum absolute atomic E-state index is 13.1. The van der Waals surface area contributed by atoms with Crippen LogP contribution in [0.25, 0.3) is 0 Å². The van der Waals surface area contributed by atoms with Crippen LogP contribution < -0.4 is 10.1 Å². The number of hydrogen-bond acceptors (Lipinski definition) is 2. The van der Waals surface area contributed by atoms with Crippen LogP contribution in [-0.2, 0) is 6.18 Å². The highest BCUT2D eigenvalue weighted by molar-refractivity contribution is 5.55. The molecule has 0 aliphatic heterocycles. The molecule has 1 saturated carbocycles. The van der Waals surface area contributed by atoms with Crippen molar-refractivity contribution in [1.82, 2.24) is 0 Å². The Hall–Kier alpha value is -1.65. The van der Waals surface area contributed by atoms with Gasteiger partial charge in [0.2, 0.25) is 0 Å². The number of anilines is 1. The van der Waals surface area contributed by atoms with E-state index in [2.05, 4.69) is 17.5 Å². The number of alkyl halides is 3. The molecule has 1 aromatic carbocycles. The molecule has 0 heterocycles. The Bertz CT molecular complexity index is 553. The average Bonchev–Trinajstić information content (AvgIpc) is 3.06. The number of methoxy groups -OCH3 is 1. The molecule has 0 spiro atoms. The van der Waals surface area contributed by atoms with Gasteiger partial charge in [0.15, 0.2) is 0 Å². The van der Waals surface area contributed by atoms with Crippen molar-refractivity contribution in [1.29, 1.82) is 0 Å². The number of nitrogens with one attached hydrogen (secondary N) is 1. The molecule has 114 valence electrons. The van der Waals surface area contributed by atoms with E-state index in [0.29, 0.717) is 24.3 Å². The first-order valence-electron chi connectivity index (χ1n) is 7.15. The van der Waals surface area contributed by atoms with Crippen LogP contribution in [0.15, 0.2) is 30.4 Å². The van der Waals surface area contributed by atoms with Crippen molar-refractivity contribution in [2.24, 2.45) is 17.8 Å². The molecule has 1 N–H and O–H groups in total. The first-order valence-corrected chi connectivity index (χ1v) is 7.15. The molecule has 0 saturated heterocycles. The molecule has 2 aliphatic carbocycles. The van der Waals surface area contributed by atoms with E-state index in [-0.39, 0.29) is 11.4 Å². The van der Waals surface area contributed by atoms with E-state index in [1.807, 2.05) is 0 Å². The van der Waals surface area contributed by atoms with E-state index in [4.69, 9.17) is 4.74 Å². The fourth-order valence-corrected chi connectivity index (χ4v) is 3.41. The van der Waals surface area contributed by atoms with Gasteiger partial charge in [-0.15, -0.1) is 0 Å². The van der Waals surface area contributed by atoms with Gasteiger partial charge in [-0.25, -0.2) is 0 Å². The van der Waals surface area contributed by atoms with Gasteiger partial charge in [0.05, 0.1) is 12.7 Å². The zero-order valence-corrected chi connectivity index (χ0v) is 11.8. The molecule has 2 aliphatic rings. The van der Waals surface area contributed by atoms with Crippen LogP contribution in [0.2, 0.25) is 0 Å². The Labute approximate surface area is 122 Å². The molecule has 0 radical (unpaired) electrons. The van der Waals surface area contributed by atoms with Crippen molar-refractivity contribution < 1.29 is 17.9 Å². The van der Waals surface area contributed by atoms with E-state index in [1.165, 1.54) is 13.2 Å². The van der Waals surface area contributed by atoms with E-state index in [1.54, 1.807) is 6.07 Å². The second-order valence-electron chi connectivity index (χ2n) is 5.83. The summed E-state index contributed by atoms with van der Waals surface area (Å²) in [4.78, 5) is 0. The first kappa shape index (κ1) is 14.3. The number of benzene rings is 1. The lowest BCUT2D eigenvalue weighted by molar-refractivity contribution is -0.137. The summed E-state index contributed by atoms with van der Waals surface area (Å²) in [7, 11) is 1.37. The van der Waals surface area contributed by atoms with Gasteiger partial charge in [-0.1, -0.05) is 12.2 Å². The second-order valence-corrected chi connectivity index (χ2v) is 5.83. The van der Waals surface area contributed by atoms with Crippen LogP contribution in [0.1, 0.15) is 18.4 Å². The third kappa shape index (κ3) is 2.87. The highest BCUT2D eigenvalue weighted by atomic mass is 19.4. The van der Waals surface area contributed by atoms with Crippen molar-refractivity contribution in [3.05, 3.63) is 35.9 Å². The molecule has 0 amide bonds. The topological polar surface area (TPSA) is 21.3 Å². The molecule has 1 fully saturated rings. The summed E-state index contributed by atoms with van der Waals surface area (Å²) in [6.07, 6.45) is 2.28. The van der Waals surface area contributed by atoms with Crippen LogP contribution in [0.4, 0.5) is 18.9 Å². The monoisotopic (exact) mass is 297 g/mol. The minimum Gasteiger partial charge on any atom is -0.497 e. The van der Waals surface area contributed by atoms with Crippen molar-refractivity contribution >= 4 is 5.69 Å². The SMILES string of the molecule is COc1ccc(NCC2CC3C=CC2C3)c(C(F)(F)F)c1. The molecular weight excluding hydrogens is 279 g/mol. The quantitative estimate of drug-likeness (QED) is 0.835. The molecule has 2 bridgehead atoms. The van der Waals surface area contributed by atoms with Crippen LogP contribution in [0, 0.1) is 17.8 Å². The summed E-state index contributed by atoms with van der Waals surface area (Å²) in [6.45, 7) is 0.584. The first-order chi connectivity index (χ1) is 9.97. The zero-order chi connectivity index (χ0) is 15.0. The molecule has 5 heteroatoms. The maximum Gasteiger partial charge on any atom is 0.418 e. The lowest BCUT2D eigenvalue weighted by Crippen LogP contribution is -2.20. The summed E-state index contributed by atoms with van der Waals surface area (Å²) in [5, 5.41) is 2.99. The minimum atomic E-state index is -4.38. The highest BCUT2D eigenvalue weighted by Gasteiger charge is 2.37. The average molecular weight is 297 g/mol. The Morgan fingerprint density at radius 3 is 2.62 bits per heavy atom. The van der Waals surface area contributed by atoms with Crippen molar-refractivity contribution in [3.8, 4) is 5.75 Å². The Morgan fingerprint density at radius 2 is 2.05 bits per heavy atom. The van der Waals surface area contributed by atoms with Gasteiger partial charge < -0.3 is 10.1 Å². The van der Waals surface area contributed by atoms with E-state index in [9.17, 15) is 13.2 Å². The fraction of sp³-hybridized carbons (Fsp3) is 0.500. The minimum absolute atomic E-state index is 0.134. The van der Waals surface area contributed by atoms with E-state index >= 15 is 0 Å². The summed E-state index contributed by atoms with van der Waals surface area (Å²) in [5.74, 6) is 1.80. The Balaban J connectivity index is 1.74. The summed E-state index contributed by atoms with van der Waals surface area (Å²) >= 11 is 0. The number of hydrogen-bond donors (Lipinski definition) is 1. The molecular formula is C16H18F3NO. The summed E-state index contributed by atoms with van der Waals surface area (Å²) in [6, 6.07) is 4.05. The van der Waals surface area contributed by atoms with Gasteiger partial charge >= 0.3 is 6.18 Å². The van der Waals surface area contributed by atoms with Gasteiger partial charge in [-0.3, -0.25) is 0 Å². The standard InChI is InChI=1S/C16H18F3NO/c1-21-13-4-5-15(14(8-13)16(17,18)19)20-9-12-7-10-2-3-11(12)6-10/h2-5,8,10-12,20H,6-7,9H2,1H3. The smallest absolute Gasteiger partial charge is 0.418 e. The number of ether oxygens (including phenoxy) is 1. The highest BCUT2D eigenvalue weighted by Crippen LogP contribution is 2.44. The van der Waals surface area contributed by atoms with E-state index < -0.39 is 11.7 Å². The van der Waals surface area contributed by atoms with Gasteiger partial charge in [0.1, 0.15) is 5.75 Å². The van der Waals surface area contributed by atoms with Crippen LogP contribution in [-0.4, -0.2) is 13.7 Å². The number of allylic oxidation sites excluding steroid dienone is 2. The molecule has 3 unspecified atom stereocenters. The Kier molecular flexibility index (Phi) is 3.59. The van der Waals surface area contributed by atoms with Crippen molar-refractivity contribution in [2.75, 3.05) is 19.0 Å². The fourth-order valence-electron chi connectivity index (χ4n) is 3.41. The Morgan fingerprint density at radius 1 is 1.24 bits per heavy atom. The van der Waals surface area contributed by atoms with Gasteiger partial charge in [-0.2, -0.15) is 13.2 Å². The van der Waals surface area contributed by atoms with Gasteiger partial charge in [0, 0.05) is 12.2 Å². The number of rotatable bonds is 4. The molecule has 1 aromatic rings. The third-order valence-electron chi connectivity index (χ3n) is 4.50. The third-order valence-corrected chi connectivity index (χ3v) is 4.50. The largest absolute Gasteiger partial charge is 0.497 e. The van der Waals surface area contributed by atoms with Crippen molar-refractivity contribution in [2.45, 2.75) is 19.0 Å². The van der Waals surface area contributed by atoms with Gasteiger partial charge in [-0.05, 0) is 48.8 Å². The lowest BCUT2D eigenvalue weighted by atomic mass is 9.93. The molecule has 21 heavy (non-hydrogen) atoms. The molecule has 2 nitrogen and oxygen atoms in total. The van der Waals surface area contributed by atoms with Crippen LogP contribution >= 0.6 is 0 Å². The van der Waals surface area contributed by atoms with Crippen LogP contribution in [0.3, 0.4) is 0 Å². The molecule has 3 rings (SSSR count). The second kappa shape index (κ2) is 5.28. The molecule has 3 atom stereocenters. The van der Waals surface area contributed by atoms with Crippen molar-refractivity contribution in [3.63, 3.8) is 0 Å². The lowest BCUT2D eigenvalue weighted by Gasteiger charge is -2.21.